The molecule has 0 amide bonds. The molecule has 0 aromatic carbocycles. The van der Waals surface area contributed by atoms with Crippen molar-refractivity contribution in [3.63, 3.8) is 0 Å². The van der Waals surface area contributed by atoms with E-state index >= 15 is 0 Å². The fourth-order valence-corrected chi connectivity index (χ4v) is 3.30. The zero-order valence-corrected chi connectivity index (χ0v) is 14.7. The number of imidazole rings is 1. The third-order valence-electron chi connectivity index (χ3n) is 4.79. The van der Waals surface area contributed by atoms with Gasteiger partial charge in [0.25, 0.3) is 0 Å². The van der Waals surface area contributed by atoms with E-state index in [0.717, 1.165) is 37.8 Å². The van der Waals surface area contributed by atoms with Crippen molar-refractivity contribution in [2.45, 2.75) is 65.3 Å². The topological polar surface area (TPSA) is 50.5 Å². The van der Waals surface area contributed by atoms with Crippen LogP contribution in [-0.4, -0.2) is 44.9 Å². The molecule has 0 bridgehead atoms. The first kappa shape index (κ1) is 16.0. The molecule has 22 heavy (non-hydrogen) atoms. The molecule has 3 heterocycles. The number of aliphatic hydroxyl groups is 1. The number of fused-ring (bicyclic) bond motifs is 1. The van der Waals surface area contributed by atoms with E-state index < -0.39 is 6.23 Å². The maximum absolute atomic E-state index is 11.0. The van der Waals surface area contributed by atoms with E-state index in [2.05, 4.69) is 57.2 Å². The van der Waals surface area contributed by atoms with Gasteiger partial charge in [0.05, 0.1) is 18.9 Å². The third kappa shape index (κ3) is 2.59. The van der Waals surface area contributed by atoms with Crippen molar-refractivity contribution >= 4 is 0 Å². The highest BCUT2D eigenvalue weighted by molar-refractivity contribution is 5.17. The van der Waals surface area contributed by atoms with Gasteiger partial charge in [-0.25, -0.2) is 4.98 Å². The molecule has 0 radical (unpaired) electrons. The van der Waals surface area contributed by atoms with E-state index in [0.29, 0.717) is 0 Å². The van der Waals surface area contributed by atoms with Gasteiger partial charge in [-0.2, -0.15) is 0 Å². The molecule has 1 saturated heterocycles. The Hall–Kier alpha value is -0.910. The number of ether oxygens (including phenoxy) is 1. The minimum absolute atomic E-state index is 0.0191. The number of rotatable bonds is 0. The van der Waals surface area contributed by atoms with E-state index in [9.17, 15) is 5.11 Å². The molecule has 1 aromatic heterocycles. The lowest BCUT2D eigenvalue weighted by molar-refractivity contribution is -0.158. The Morgan fingerprint density at radius 3 is 2.27 bits per heavy atom. The highest BCUT2D eigenvalue weighted by Gasteiger charge is 2.48. The molecule has 1 aromatic rings. The summed E-state index contributed by atoms with van der Waals surface area (Å²) in [6.07, 6.45) is 1.45. The summed E-state index contributed by atoms with van der Waals surface area (Å²) in [4.78, 5) is 6.94. The number of aromatic nitrogens is 2. The van der Waals surface area contributed by atoms with Crippen LogP contribution in [0.1, 0.15) is 59.3 Å². The molecular formula is C17H29N3O2. The van der Waals surface area contributed by atoms with E-state index in [4.69, 9.17) is 9.72 Å². The Kier molecular flexibility index (Phi) is 3.48. The molecule has 1 spiro atoms. The fourth-order valence-electron chi connectivity index (χ4n) is 3.30. The van der Waals surface area contributed by atoms with Crippen molar-refractivity contribution < 1.29 is 9.84 Å². The van der Waals surface area contributed by atoms with Crippen molar-refractivity contribution in [1.82, 2.24) is 14.5 Å². The van der Waals surface area contributed by atoms with Gasteiger partial charge in [-0.15, -0.1) is 0 Å². The molecule has 5 heteroatoms. The molecule has 0 aliphatic carbocycles. The van der Waals surface area contributed by atoms with E-state index in [-0.39, 0.29) is 16.4 Å². The van der Waals surface area contributed by atoms with Crippen molar-refractivity contribution in [2.24, 2.45) is 5.41 Å². The SMILES string of the molecule is CC(C)(C)c1cn2c(n1)C(O)N(C(C)(C)C)CC1(COC1)C2. The summed E-state index contributed by atoms with van der Waals surface area (Å²) in [5.41, 5.74) is 0.988. The third-order valence-corrected chi connectivity index (χ3v) is 4.79. The van der Waals surface area contributed by atoms with Gasteiger partial charge in [-0.3, -0.25) is 4.90 Å². The molecule has 124 valence electrons. The summed E-state index contributed by atoms with van der Waals surface area (Å²) in [5, 5.41) is 11.0. The van der Waals surface area contributed by atoms with Crippen LogP contribution < -0.4 is 0 Å². The Labute approximate surface area is 133 Å². The van der Waals surface area contributed by atoms with Gasteiger partial charge in [0.2, 0.25) is 0 Å². The van der Waals surface area contributed by atoms with Crippen LogP contribution in [0.15, 0.2) is 6.20 Å². The summed E-state index contributed by atoms with van der Waals surface area (Å²) in [6, 6.07) is 0. The zero-order valence-electron chi connectivity index (χ0n) is 14.7. The first-order valence-electron chi connectivity index (χ1n) is 8.12. The lowest BCUT2D eigenvalue weighted by Gasteiger charge is -2.47. The highest BCUT2D eigenvalue weighted by atomic mass is 16.5. The number of aliphatic hydroxyl groups excluding tert-OH is 1. The Morgan fingerprint density at radius 2 is 1.82 bits per heavy atom. The quantitative estimate of drug-likeness (QED) is 0.799. The summed E-state index contributed by atoms with van der Waals surface area (Å²) in [5.74, 6) is 0.767. The average Bonchev–Trinajstić information content (AvgIpc) is 2.68. The molecule has 0 saturated carbocycles. The first-order valence-corrected chi connectivity index (χ1v) is 8.12. The lowest BCUT2D eigenvalue weighted by Crippen LogP contribution is -2.56. The van der Waals surface area contributed by atoms with E-state index in [1.165, 1.54) is 0 Å². The van der Waals surface area contributed by atoms with Gasteiger partial charge in [0.1, 0.15) is 0 Å². The molecule has 5 nitrogen and oxygen atoms in total. The molecule has 3 rings (SSSR count). The maximum atomic E-state index is 11.0. The first-order chi connectivity index (χ1) is 10.0. The van der Waals surface area contributed by atoms with Gasteiger partial charge in [0.15, 0.2) is 12.1 Å². The molecule has 1 unspecified atom stereocenters. The van der Waals surface area contributed by atoms with Gasteiger partial charge < -0.3 is 14.4 Å². The van der Waals surface area contributed by atoms with Crippen LogP contribution in [0.4, 0.5) is 0 Å². The maximum Gasteiger partial charge on any atom is 0.167 e. The predicted molar refractivity (Wildman–Crippen MR) is 85.6 cm³/mol. The van der Waals surface area contributed by atoms with Crippen molar-refractivity contribution in [3.8, 4) is 0 Å². The second-order valence-corrected chi connectivity index (χ2v) is 9.03. The Morgan fingerprint density at radius 1 is 1.18 bits per heavy atom. The Bertz CT molecular complexity index is 561. The van der Waals surface area contributed by atoms with Crippen molar-refractivity contribution in [3.05, 3.63) is 17.7 Å². The van der Waals surface area contributed by atoms with Gasteiger partial charge >= 0.3 is 0 Å². The monoisotopic (exact) mass is 307 g/mol. The molecule has 1 atom stereocenters. The van der Waals surface area contributed by atoms with Crippen LogP contribution in [0.3, 0.4) is 0 Å². The van der Waals surface area contributed by atoms with Crippen LogP contribution in [0.5, 0.6) is 0 Å². The summed E-state index contributed by atoms with van der Waals surface area (Å²) < 4.78 is 7.67. The molecule has 1 N–H and O–H groups in total. The number of hydrogen-bond donors (Lipinski definition) is 1. The second kappa shape index (κ2) is 4.79. The summed E-state index contributed by atoms with van der Waals surface area (Å²) in [7, 11) is 0. The normalized spacial score (nSPS) is 25.7. The highest BCUT2D eigenvalue weighted by Crippen LogP contribution is 2.40. The van der Waals surface area contributed by atoms with Crippen LogP contribution in [0.2, 0.25) is 0 Å². The predicted octanol–water partition coefficient (Wildman–Crippen LogP) is 2.30. The van der Waals surface area contributed by atoms with E-state index in [1.807, 2.05) is 0 Å². The minimum atomic E-state index is -0.670. The fraction of sp³-hybridized carbons (Fsp3) is 0.824. The van der Waals surface area contributed by atoms with E-state index in [1.54, 1.807) is 0 Å². The van der Waals surface area contributed by atoms with Gasteiger partial charge in [0, 0.05) is 35.7 Å². The number of hydrogen-bond acceptors (Lipinski definition) is 4. The van der Waals surface area contributed by atoms with Crippen LogP contribution in [0.25, 0.3) is 0 Å². The smallest absolute Gasteiger partial charge is 0.167 e. The Balaban J connectivity index is 2.06. The molecule has 2 aliphatic heterocycles. The van der Waals surface area contributed by atoms with Crippen LogP contribution in [0, 0.1) is 5.41 Å². The lowest BCUT2D eigenvalue weighted by atomic mass is 9.84. The standard InChI is InChI=1S/C17H29N3O2/c1-15(2,3)12-7-19-8-17(10-22-11-17)9-20(16(4,5)6)14(21)13(19)18-12/h7,14,21H,8-11H2,1-6H3. The van der Waals surface area contributed by atoms with Crippen molar-refractivity contribution in [2.75, 3.05) is 19.8 Å². The molecule has 1 fully saturated rings. The molecule has 2 aliphatic rings. The molecular weight excluding hydrogens is 278 g/mol. The second-order valence-electron chi connectivity index (χ2n) is 9.03. The summed E-state index contributed by atoms with van der Waals surface area (Å²) >= 11 is 0. The number of nitrogens with zero attached hydrogens (tertiary/aromatic N) is 3. The largest absolute Gasteiger partial charge is 0.380 e. The van der Waals surface area contributed by atoms with Gasteiger partial charge in [-0.1, -0.05) is 20.8 Å². The van der Waals surface area contributed by atoms with Crippen LogP contribution in [-0.2, 0) is 16.7 Å². The van der Waals surface area contributed by atoms with Gasteiger partial charge in [-0.05, 0) is 20.8 Å². The van der Waals surface area contributed by atoms with Crippen LogP contribution >= 0.6 is 0 Å². The minimum Gasteiger partial charge on any atom is -0.380 e. The zero-order chi connectivity index (χ0) is 16.3. The average molecular weight is 307 g/mol. The van der Waals surface area contributed by atoms with Crippen molar-refractivity contribution in [1.29, 1.82) is 0 Å². The summed E-state index contributed by atoms with van der Waals surface area (Å²) in [6.45, 7) is 16.1.